The standard InChI is InChI=1S/C6H12Cl2O2.C6H12I2O2.HI.Na/c2*7-1-3-9-5-6-10-4-2-8;;/h2*1-6H2;1H;/q;;;+1/p-1. The van der Waals surface area contributed by atoms with E-state index in [1.165, 1.54) is 0 Å². The van der Waals surface area contributed by atoms with Gasteiger partial charge in [-0.2, -0.15) is 0 Å². The molecule has 0 heterocycles. The molecule has 0 aromatic carbocycles. The van der Waals surface area contributed by atoms with Crippen LogP contribution < -0.4 is 53.5 Å². The molecule has 0 N–H and O–H groups in total. The number of hydrogen-bond donors (Lipinski definition) is 0. The van der Waals surface area contributed by atoms with Crippen LogP contribution in [0.25, 0.3) is 0 Å². The van der Waals surface area contributed by atoms with Gasteiger partial charge in [0.05, 0.1) is 52.9 Å². The van der Waals surface area contributed by atoms with E-state index in [0.29, 0.717) is 38.2 Å². The van der Waals surface area contributed by atoms with Crippen molar-refractivity contribution in [1.82, 2.24) is 0 Å². The molecule has 132 valence electrons. The Labute approximate surface area is 211 Å². The van der Waals surface area contributed by atoms with Crippen molar-refractivity contribution in [3.8, 4) is 0 Å². The van der Waals surface area contributed by atoms with Crippen molar-refractivity contribution in [2.75, 3.05) is 73.5 Å². The molecule has 0 aliphatic rings. The molecular formula is C12H24Cl2I3NaO4. The summed E-state index contributed by atoms with van der Waals surface area (Å²) in [5.41, 5.74) is 0. The van der Waals surface area contributed by atoms with Gasteiger partial charge in [0.1, 0.15) is 0 Å². The third kappa shape index (κ3) is 38.9. The van der Waals surface area contributed by atoms with E-state index < -0.39 is 0 Å². The SMILES string of the molecule is ClCCOCCOCCCl.ICCOCCOCCI.[I-].[Na+]. The molecule has 0 spiro atoms. The molecule has 0 atom stereocenters. The van der Waals surface area contributed by atoms with Crippen molar-refractivity contribution in [1.29, 1.82) is 0 Å². The summed E-state index contributed by atoms with van der Waals surface area (Å²) in [4.78, 5) is 0. The molecule has 0 saturated heterocycles. The molecule has 0 unspecified atom stereocenters. The van der Waals surface area contributed by atoms with Crippen LogP contribution >= 0.6 is 68.4 Å². The molecule has 10 heteroatoms. The summed E-state index contributed by atoms with van der Waals surface area (Å²) in [6, 6.07) is 0. The van der Waals surface area contributed by atoms with Crippen molar-refractivity contribution in [2.45, 2.75) is 0 Å². The van der Waals surface area contributed by atoms with Crippen LogP contribution in [0.3, 0.4) is 0 Å². The predicted molar refractivity (Wildman–Crippen MR) is 102 cm³/mol. The Hall–Kier alpha value is 3.61. The number of alkyl halides is 4. The summed E-state index contributed by atoms with van der Waals surface area (Å²) >= 11 is 15.3. The molecule has 0 radical (unpaired) electrons. The molecule has 0 aliphatic heterocycles. The average Bonchev–Trinajstić information content (AvgIpc) is 2.47. The summed E-state index contributed by atoms with van der Waals surface area (Å²) in [7, 11) is 0. The summed E-state index contributed by atoms with van der Waals surface area (Å²) in [6.45, 7) is 5.53. The van der Waals surface area contributed by atoms with Crippen LogP contribution in [-0.4, -0.2) is 73.5 Å². The van der Waals surface area contributed by atoms with E-state index in [-0.39, 0.29) is 53.5 Å². The van der Waals surface area contributed by atoms with E-state index in [1.54, 1.807) is 0 Å². The van der Waals surface area contributed by atoms with Gasteiger partial charge in [0.15, 0.2) is 0 Å². The summed E-state index contributed by atoms with van der Waals surface area (Å²) in [5.74, 6) is 1.07. The van der Waals surface area contributed by atoms with Crippen LogP contribution in [0.1, 0.15) is 0 Å². The molecule has 0 bridgehead atoms. The van der Waals surface area contributed by atoms with Crippen LogP contribution in [0.2, 0.25) is 0 Å². The minimum Gasteiger partial charge on any atom is -1.00 e. The van der Waals surface area contributed by atoms with E-state index in [9.17, 15) is 0 Å². The molecule has 4 nitrogen and oxygen atoms in total. The molecule has 0 saturated carbocycles. The molecule has 0 aromatic heterocycles. The minimum atomic E-state index is 0. The molecule has 0 rings (SSSR count). The van der Waals surface area contributed by atoms with Gasteiger partial charge in [-0.1, -0.05) is 45.2 Å². The van der Waals surface area contributed by atoms with Gasteiger partial charge in [-0.25, -0.2) is 0 Å². The average molecular weight is 707 g/mol. The van der Waals surface area contributed by atoms with Crippen molar-refractivity contribution < 1.29 is 72.5 Å². The van der Waals surface area contributed by atoms with Gasteiger partial charge in [0.2, 0.25) is 0 Å². The summed E-state index contributed by atoms with van der Waals surface area (Å²) in [6.07, 6.45) is 0. The smallest absolute Gasteiger partial charge is 1.00 e. The van der Waals surface area contributed by atoms with Crippen LogP contribution in [-0.2, 0) is 18.9 Å². The summed E-state index contributed by atoms with van der Waals surface area (Å²) < 4.78 is 22.6. The van der Waals surface area contributed by atoms with E-state index >= 15 is 0 Å². The Morgan fingerprint density at radius 1 is 0.545 bits per heavy atom. The molecule has 0 aliphatic carbocycles. The van der Waals surface area contributed by atoms with Crippen molar-refractivity contribution in [2.24, 2.45) is 0 Å². The second-order valence-electron chi connectivity index (χ2n) is 3.21. The van der Waals surface area contributed by atoms with Crippen molar-refractivity contribution >= 4 is 68.4 Å². The zero-order valence-electron chi connectivity index (χ0n) is 13.0. The summed E-state index contributed by atoms with van der Waals surface area (Å²) in [5, 5.41) is 0. The minimum absolute atomic E-state index is 0. The van der Waals surface area contributed by atoms with Gasteiger partial charge in [-0.05, 0) is 0 Å². The predicted octanol–water partition coefficient (Wildman–Crippen LogP) is -2.61. The maximum Gasteiger partial charge on any atom is 1.00 e. The van der Waals surface area contributed by atoms with Crippen molar-refractivity contribution in [3.05, 3.63) is 0 Å². The van der Waals surface area contributed by atoms with Crippen LogP contribution in [0.5, 0.6) is 0 Å². The first-order valence-electron chi connectivity index (χ1n) is 6.38. The van der Waals surface area contributed by atoms with Gasteiger partial charge in [0, 0.05) is 20.6 Å². The van der Waals surface area contributed by atoms with Gasteiger partial charge in [-0.15, -0.1) is 23.2 Å². The monoisotopic (exact) mass is 706 g/mol. The molecule has 0 amide bonds. The zero-order chi connectivity index (χ0) is 15.3. The van der Waals surface area contributed by atoms with Crippen LogP contribution in [0.4, 0.5) is 0 Å². The fraction of sp³-hybridized carbons (Fsp3) is 1.00. The van der Waals surface area contributed by atoms with Gasteiger partial charge in [-0.3, -0.25) is 0 Å². The van der Waals surface area contributed by atoms with Crippen LogP contribution in [0.15, 0.2) is 0 Å². The zero-order valence-corrected chi connectivity index (χ0v) is 23.0. The molecule has 0 aromatic rings. The Bertz CT molecular complexity index is 136. The first-order valence-corrected chi connectivity index (χ1v) is 10.5. The largest absolute Gasteiger partial charge is 1.00 e. The first kappa shape index (κ1) is 33.2. The van der Waals surface area contributed by atoms with E-state index in [1.807, 2.05) is 0 Å². The maximum absolute atomic E-state index is 5.35. The Kier molecular flexibility index (Phi) is 53.9. The normalized spacial score (nSPS) is 9.27. The Morgan fingerprint density at radius 3 is 1.05 bits per heavy atom. The van der Waals surface area contributed by atoms with Crippen LogP contribution in [0, 0.1) is 0 Å². The number of hydrogen-bond acceptors (Lipinski definition) is 4. The van der Waals surface area contributed by atoms with E-state index in [2.05, 4.69) is 45.2 Å². The van der Waals surface area contributed by atoms with E-state index in [0.717, 1.165) is 35.3 Å². The molecule has 22 heavy (non-hydrogen) atoms. The number of rotatable bonds is 14. The first-order chi connectivity index (χ1) is 9.83. The van der Waals surface area contributed by atoms with E-state index in [4.69, 9.17) is 42.1 Å². The topological polar surface area (TPSA) is 36.9 Å². The second kappa shape index (κ2) is 35.7. The Morgan fingerprint density at radius 2 is 0.818 bits per heavy atom. The Balaban J connectivity index is -0.000000135. The molecule has 0 fully saturated rings. The fourth-order valence-corrected chi connectivity index (χ4v) is 1.70. The van der Waals surface area contributed by atoms with Gasteiger partial charge in [0.25, 0.3) is 0 Å². The third-order valence-corrected chi connectivity index (χ3v) is 2.82. The third-order valence-electron chi connectivity index (χ3n) is 1.63. The second-order valence-corrected chi connectivity index (χ2v) is 6.12. The van der Waals surface area contributed by atoms with Crippen molar-refractivity contribution in [3.63, 3.8) is 0 Å². The number of halogens is 5. The molecular weight excluding hydrogens is 683 g/mol. The fourth-order valence-electron chi connectivity index (χ4n) is 0.862. The maximum atomic E-state index is 5.35. The van der Waals surface area contributed by atoms with Gasteiger partial charge >= 0.3 is 29.6 Å². The quantitative estimate of drug-likeness (QED) is 0.0861. The van der Waals surface area contributed by atoms with Gasteiger partial charge < -0.3 is 42.9 Å². The number of ether oxygens (including phenoxy) is 4.